The second-order valence-electron chi connectivity index (χ2n) is 10.2. The van der Waals surface area contributed by atoms with Crippen molar-refractivity contribution in [3.8, 4) is 12.8 Å². The molecule has 0 amide bonds. The molecular weight excluding hydrogens is 566 g/mol. The first-order chi connectivity index (χ1) is 20.3. The lowest BCUT2D eigenvalue weighted by Gasteiger charge is -2.06. The van der Waals surface area contributed by atoms with Gasteiger partial charge in [-0.2, -0.15) is 12.6 Å². The van der Waals surface area contributed by atoms with Crippen molar-refractivity contribution in [3.05, 3.63) is 112 Å². The minimum absolute atomic E-state index is 0.0783. The van der Waals surface area contributed by atoms with Crippen LogP contribution in [0.15, 0.2) is 78.9 Å². The van der Waals surface area contributed by atoms with Gasteiger partial charge in [0.1, 0.15) is 0 Å². The average Bonchev–Trinajstić information content (AvgIpc) is 3.77. The van der Waals surface area contributed by atoms with E-state index in [0.717, 1.165) is 65.6 Å². The molecule has 0 aliphatic heterocycles. The van der Waals surface area contributed by atoms with Crippen LogP contribution in [0.25, 0.3) is 23.1 Å². The number of aromatic carboxylic acids is 1. The number of fused-ring (bicyclic) bond motifs is 1. The van der Waals surface area contributed by atoms with Crippen LogP contribution in [-0.2, 0) is 17.6 Å². The maximum Gasteiger partial charge on any atom is 0.335 e. The van der Waals surface area contributed by atoms with Gasteiger partial charge in [-0.25, -0.2) is 9.78 Å². The number of pyridine rings is 1. The smallest absolute Gasteiger partial charge is 0.335 e. The monoisotopic (exact) mass is 599 g/mol. The van der Waals surface area contributed by atoms with Crippen molar-refractivity contribution in [3.63, 3.8) is 0 Å². The number of hydrogen-bond donors (Lipinski definition) is 3. The van der Waals surface area contributed by atoms with Gasteiger partial charge < -0.3 is 10.2 Å². The van der Waals surface area contributed by atoms with Crippen LogP contribution in [0.3, 0.4) is 0 Å². The number of benzene rings is 3. The molecule has 1 fully saturated rings. The maximum absolute atomic E-state index is 11.4. The Morgan fingerprint density at radius 3 is 2.33 bits per heavy atom. The summed E-state index contributed by atoms with van der Waals surface area (Å²) in [7, 11) is 0. The molecule has 0 unspecified atom stereocenters. The first kappa shape index (κ1) is 32.5. The lowest BCUT2D eigenvalue weighted by Crippen LogP contribution is -2.09. The molecule has 0 spiro atoms. The zero-order valence-corrected chi connectivity index (χ0v) is 24.9. The number of thiol groups is 1. The quantitative estimate of drug-likeness (QED) is 0.126. The van der Waals surface area contributed by atoms with Gasteiger partial charge in [-0.05, 0) is 90.3 Å². The summed E-state index contributed by atoms with van der Waals surface area (Å²) in [6, 6.07) is 25.4. The van der Waals surface area contributed by atoms with E-state index in [1.807, 2.05) is 54.6 Å². The highest BCUT2D eigenvalue weighted by molar-refractivity contribution is 7.80. The topological polar surface area (TPSA) is 87.5 Å². The fourth-order valence-corrected chi connectivity index (χ4v) is 5.15. The number of aliphatic carboxylic acids is 1. The first-order valence-electron chi connectivity index (χ1n) is 13.6. The molecule has 1 aromatic heterocycles. The number of hydrogen-bond acceptors (Lipinski definition) is 4. The fraction of sp³-hybridized carbons (Fsp3) is 0.229. The van der Waals surface area contributed by atoms with Gasteiger partial charge >= 0.3 is 11.9 Å². The first-order valence-corrected chi connectivity index (χ1v) is 14.6. The van der Waals surface area contributed by atoms with Gasteiger partial charge in [0.05, 0.1) is 23.2 Å². The highest BCUT2D eigenvalue weighted by atomic mass is 35.5. The summed E-state index contributed by atoms with van der Waals surface area (Å²) in [4.78, 5) is 26.2. The van der Waals surface area contributed by atoms with Crippen molar-refractivity contribution in [2.45, 2.75) is 38.5 Å². The lowest BCUT2D eigenvalue weighted by atomic mass is 9.99. The van der Waals surface area contributed by atoms with Crippen molar-refractivity contribution >= 4 is 59.2 Å². The molecule has 2 N–H and O–H groups in total. The van der Waals surface area contributed by atoms with E-state index in [4.69, 9.17) is 16.7 Å². The van der Waals surface area contributed by atoms with Gasteiger partial charge in [0.25, 0.3) is 0 Å². The molecule has 0 atom stereocenters. The van der Waals surface area contributed by atoms with Gasteiger partial charge in [0.2, 0.25) is 0 Å². The van der Waals surface area contributed by atoms with Gasteiger partial charge in [-0.3, -0.25) is 4.79 Å². The number of halogens is 1. The highest BCUT2D eigenvalue weighted by Gasteiger charge is 2.42. The molecule has 1 heterocycles. The molecular formula is C35H34ClNO4S. The Labute approximate surface area is 257 Å². The zero-order chi connectivity index (χ0) is 30.5. The number of carboxylic acids is 2. The van der Waals surface area contributed by atoms with Crippen LogP contribution in [0.1, 0.15) is 58.4 Å². The van der Waals surface area contributed by atoms with Gasteiger partial charge in [-0.1, -0.05) is 72.3 Å². The Balaban J connectivity index is 0.000000373. The Kier molecular flexibility index (Phi) is 12.2. The fourth-order valence-electron chi connectivity index (χ4n) is 4.55. The van der Waals surface area contributed by atoms with Gasteiger partial charge in [0.15, 0.2) is 0 Å². The Bertz CT molecular complexity index is 1580. The summed E-state index contributed by atoms with van der Waals surface area (Å²) in [6.45, 7) is 0. The van der Waals surface area contributed by atoms with Crippen molar-refractivity contribution in [2.24, 2.45) is 5.41 Å². The van der Waals surface area contributed by atoms with E-state index >= 15 is 0 Å². The maximum atomic E-state index is 11.4. The molecule has 5 nitrogen and oxygen atoms in total. The van der Waals surface area contributed by atoms with E-state index in [-0.39, 0.29) is 5.41 Å². The summed E-state index contributed by atoms with van der Waals surface area (Å²) in [5.74, 6) is -0.840. The average molecular weight is 600 g/mol. The van der Waals surface area contributed by atoms with Crippen LogP contribution in [0.5, 0.6) is 0 Å². The summed E-state index contributed by atoms with van der Waals surface area (Å²) in [6.07, 6.45) is 17.0. The van der Waals surface area contributed by atoms with Crippen molar-refractivity contribution in [2.75, 3.05) is 5.75 Å². The second kappa shape index (κ2) is 15.8. The highest BCUT2D eigenvalue weighted by Crippen LogP contribution is 2.49. The molecule has 42 heavy (non-hydrogen) atoms. The summed E-state index contributed by atoms with van der Waals surface area (Å²) in [5.41, 5.74) is 5.45. The van der Waals surface area contributed by atoms with Crippen LogP contribution in [0, 0.1) is 18.3 Å². The minimum Gasteiger partial charge on any atom is -0.481 e. The summed E-state index contributed by atoms with van der Waals surface area (Å²) in [5, 5.41) is 19.5. The van der Waals surface area contributed by atoms with Crippen LogP contribution < -0.4 is 0 Å². The number of rotatable bonds is 10. The third-order valence-corrected chi connectivity index (χ3v) is 7.96. The number of terminal acetylenes is 1. The lowest BCUT2D eigenvalue weighted by molar-refractivity contribution is -0.138. The molecule has 1 saturated carbocycles. The van der Waals surface area contributed by atoms with Crippen LogP contribution in [-0.4, -0.2) is 32.9 Å². The molecule has 0 bridgehead atoms. The Morgan fingerprint density at radius 2 is 1.67 bits per heavy atom. The van der Waals surface area contributed by atoms with Crippen molar-refractivity contribution in [1.29, 1.82) is 0 Å². The van der Waals surface area contributed by atoms with Gasteiger partial charge in [-0.15, -0.1) is 12.8 Å². The van der Waals surface area contributed by atoms with Gasteiger partial charge in [0, 0.05) is 10.4 Å². The number of carbonyl (C=O) groups is 2. The van der Waals surface area contributed by atoms with E-state index in [1.165, 1.54) is 5.56 Å². The zero-order valence-electron chi connectivity index (χ0n) is 23.2. The number of aromatic nitrogens is 1. The normalized spacial score (nSPS) is 13.0. The molecule has 216 valence electrons. The number of carboxylic acid groups (broad SMARTS) is 2. The van der Waals surface area contributed by atoms with E-state index in [0.29, 0.717) is 17.0 Å². The summed E-state index contributed by atoms with van der Waals surface area (Å²) >= 11 is 10.2. The largest absolute Gasteiger partial charge is 0.481 e. The molecule has 0 radical (unpaired) electrons. The van der Waals surface area contributed by atoms with E-state index in [1.54, 1.807) is 12.1 Å². The predicted molar refractivity (Wildman–Crippen MR) is 175 cm³/mol. The van der Waals surface area contributed by atoms with Crippen LogP contribution >= 0.6 is 24.2 Å². The van der Waals surface area contributed by atoms with Crippen molar-refractivity contribution in [1.82, 2.24) is 4.98 Å². The third-order valence-electron chi connectivity index (χ3n) is 7.05. The molecule has 7 heteroatoms. The number of nitrogens with zero attached hydrogens (tertiary/aromatic N) is 1. The van der Waals surface area contributed by atoms with Crippen LogP contribution in [0.4, 0.5) is 0 Å². The number of aryl methyl sites for hydroxylation is 2. The molecule has 4 aromatic rings. The molecule has 1 aliphatic carbocycles. The molecule has 3 aromatic carbocycles. The molecule has 1 aliphatic rings. The molecule has 5 rings (SSSR count). The standard InChI is InChI=1S/C27H22ClNO2.C6H10O2S.C2H2/c28-23-14-12-22-13-16-24(29-26(22)18-23)15-11-20-6-3-5-19(17-20)7-4-9-21-8-1-2-10-25(21)27(30)31;7-5(8)3-6(4-9)1-2-6;1-2/h1-3,5-6,8,10-18H,4,7,9H2,(H,30,31);9H,1-4H2,(H,7,8);1-2H/b15-11+;;. The van der Waals surface area contributed by atoms with Crippen LogP contribution in [0.2, 0.25) is 5.02 Å². The summed E-state index contributed by atoms with van der Waals surface area (Å²) < 4.78 is 0. The SMILES string of the molecule is C#C.O=C(O)CC1(CS)CC1.O=C(O)c1ccccc1CCCc1cccc(/C=C/c2ccc3ccc(Cl)cc3n2)c1. The van der Waals surface area contributed by atoms with E-state index < -0.39 is 11.9 Å². The van der Waals surface area contributed by atoms with E-state index in [9.17, 15) is 14.7 Å². The third kappa shape index (κ3) is 9.80. The van der Waals surface area contributed by atoms with Crippen molar-refractivity contribution < 1.29 is 19.8 Å². The second-order valence-corrected chi connectivity index (χ2v) is 10.9. The Hall–Kier alpha value is -4.05. The molecule has 0 saturated heterocycles. The predicted octanol–water partition coefficient (Wildman–Crippen LogP) is 8.35. The minimum atomic E-state index is -0.868. The van der Waals surface area contributed by atoms with E-state index in [2.05, 4.69) is 54.7 Å². The Morgan fingerprint density at radius 1 is 0.929 bits per heavy atom.